The van der Waals surface area contributed by atoms with E-state index < -0.39 is 23.8 Å². The molecule has 2 aromatic carbocycles. The van der Waals surface area contributed by atoms with Gasteiger partial charge in [-0.15, -0.1) is 0 Å². The molecule has 0 bridgehead atoms. The Labute approximate surface area is 163 Å². The molecule has 1 saturated heterocycles. The van der Waals surface area contributed by atoms with Crippen molar-refractivity contribution >= 4 is 28.6 Å². The van der Waals surface area contributed by atoms with Crippen molar-refractivity contribution in [3.8, 4) is 0 Å². The number of rotatable bonds is 3. The summed E-state index contributed by atoms with van der Waals surface area (Å²) < 4.78 is 41.2. The van der Waals surface area contributed by atoms with E-state index in [1.165, 1.54) is 29.4 Å². The van der Waals surface area contributed by atoms with E-state index in [1.807, 2.05) is 0 Å². The van der Waals surface area contributed by atoms with Gasteiger partial charge in [-0.1, -0.05) is 18.2 Å². The highest BCUT2D eigenvalue weighted by atomic mass is 19.4. The number of halogens is 3. The molecule has 5 rings (SSSR count). The number of anilines is 1. The van der Waals surface area contributed by atoms with Crippen LogP contribution in [0.25, 0.3) is 11.0 Å². The van der Waals surface area contributed by atoms with E-state index >= 15 is 0 Å². The molecule has 3 aromatic rings. The lowest BCUT2D eigenvalue weighted by Gasteiger charge is -2.26. The number of aromatic amines is 1. The molecule has 2 heterocycles. The zero-order valence-corrected chi connectivity index (χ0v) is 15.1. The standard InChI is InChI=1S/C20H16F3N5O/c21-20(22,23)14-4-2-1-3-13(14)17-18(26-11-5-6-11)27-19(29)28(17)12-7-8-15-16(9-12)25-10-24-15/h1-4,7-11,17H,5-6H2,(H,24,25)(H,26,27,29). The number of imidazole rings is 1. The van der Waals surface area contributed by atoms with Crippen LogP contribution in [0.15, 0.2) is 53.8 Å². The molecule has 0 spiro atoms. The summed E-state index contributed by atoms with van der Waals surface area (Å²) in [5.74, 6) is 0.247. The average molecular weight is 399 g/mol. The third-order valence-electron chi connectivity index (χ3n) is 5.08. The largest absolute Gasteiger partial charge is 0.416 e. The van der Waals surface area contributed by atoms with Gasteiger partial charge in [-0.25, -0.2) is 9.78 Å². The molecule has 1 atom stereocenters. The third-order valence-corrected chi connectivity index (χ3v) is 5.08. The van der Waals surface area contributed by atoms with Crippen LogP contribution in [0.4, 0.5) is 23.7 Å². The van der Waals surface area contributed by atoms with Crippen LogP contribution in [-0.2, 0) is 6.18 Å². The van der Waals surface area contributed by atoms with E-state index in [0.717, 1.165) is 24.4 Å². The van der Waals surface area contributed by atoms with Gasteiger partial charge in [-0.2, -0.15) is 13.2 Å². The number of hydrogen-bond acceptors (Lipinski definition) is 3. The molecule has 0 radical (unpaired) electrons. The van der Waals surface area contributed by atoms with Gasteiger partial charge >= 0.3 is 12.2 Å². The summed E-state index contributed by atoms with van der Waals surface area (Å²) in [5.41, 5.74) is 1.04. The molecule has 9 heteroatoms. The lowest BCUT2D eigenvalue weighted by molar-refractivity contribution is -0.138. The molecule has 1 aliphatic heterocycles. The van der Waals surface area contributed by atoms with Crippen molar-refractivity contribution in [2.24, 2.45) is 4.99 Å². The van der Waals surface area contributed by atoms with Crippen molar-refractivity contribution < 1.29 is 18.0 Å². The second-order valence-electron chi connectivity index (χ2n) is 7.14. The molecular weight excluding hydrogens is 383 g/mol. The van der Waals surface area contributed by atoms with Crippen LogP contribution >= 0.6 is 0 Å². The predicted octanol–water partition coefficient (Wildman–Crippen LogP) is 4.41. The molecule has 1 aromatic heterocycles. The number of amidine groups is 1. The predicted molar refractivity (Wildman–Crippen MR) is 102 cm³/mol. The summed E-state index contributed by atoms with van der Waals surface area (Å²) in [6.07, 6.45) is -1.29. The normalized spacial score (nSPS) is 21.2. The number of benzene rings is 2. The van der Waals surface area contributed by atoms with Crippen LogP contribution < -0.4 is 10.2 Å². The Morgan fingerprint density at radius 2 is 1.93 bits per heavy atom. The van der Waals surface area contributed by atoms with Gasteiger partial charge in [0.15, 0.2) is 0 Å². The molecule has 1 unspecified atom stereocenters. The topological polar surface area (TPSA) is 73.4 Å². The molecule has 1 aliphatic carbocycles. The number of H-pyrrole nitrogens is 1. The molecule has 2 amide bonds. The maximum Gasteiger partial charge on any atom is 0.416 e. The number of nitrogens with one attached hydrogen (secondary N) is 2. The van der Waals surface area contributed by atoms with Crippen LogP contribution in [0.2, 0.25) is 0 Å². The number of fused-ring (bicyclic) bond motifs is 1. The second kappa shape index (κ2) is 6.33. The number of nitrogens with zero attached hydrogens (tertiary/aromatic N) is 3. The fourth-order valence-corrected chi connectivity index (χ4v) is 3.60. The number of aromatic nitrogens is 2. The van der Waals surface area contributed by atoms with Crippen molar-refractivity contribution in [3.05, 3.63) is 59.9 Å². The van der Waals surface area contributed by atoms with E-state index in [9.17, 15) is 18.0 Å². The first-order chi connectivity index (χ1) is 13.9. The summed E-state index contributed by atoms with van der Waals surface area (Å²) in [4.78, 5) is 25.8. The van der Waals surface area contributed by atoms with Gasteiger partial charge in [0.1, 0.15) is 11.9 Å². The van der Waals surface area contributed by atoms with E-state index in [2.05, 4.69) is 20.3 Å². The molecule has 1 saturated carbocycles. The van der Waals surface area contributed by atoms with Crippen LogP contribution in [0.5, 0.6) is 0 Å². The van der Waals surface area contributed by atoms with E-state index in [4.69, 9.17) is 0 Å². The highest BCUT2D eigenvalue weighted by Crippen LogP contribution is 2.41. The average Bonchev–Trinajstić information content (AvgIpc) is 3.26. The van der Waals surface area contributed by atoms with E-state index in [0.29, 0.717) is 11.2 Å². The van der Waals surface area contributed by atoms with Crippen molar-refractivity contribution in [2.45, 2.75) is 31.1 Å². The monoisotopic (exact) mass is 399 g/mol. The summed E-state index contributed by atoms with van der Waals surface area (Å²) in [6, 6.07) is 8.95. The van der Waals surface area contributed by atoms with Crippen molar-refractivity contribution in [2.75, 3.05) is 4.90 Å². The van der Waals surface area contributed by atoms with E-state index in [-0.39, 0.29) is 17.4 Å². The Bertz CT molecular complexity index is 1130. The molecular formula is C20H16F3N5O. The van der Waals surface area contributed by atoms with Gasteiger partial charge < -0.3 is 4.98 Å². The minimum absolute atomic E-state index is 0.0140. The van der Waals surface area contributed by atoms with Gasteiger partial charge in [-0.05, 0) is 42.7 Å². The SMILES string of the molecule is O=C1N/C(=N/C2CC2)C(c2ccccc2C(F)(F)F)N1c1ccc2[nH]cnc2c1. The molecule has 6 nitrogen and oxygen atoms in total. The van der Waals surface area contributed by atoms with Crippen molar-refractivity contribution in [1.82, 2.24) is 15.3 Å². The number of carbonyl (C=O) groups is 1. The highest BCUT2D eigenvalue weighted by Gasteiger charge is 2.44. The summed E-state index contributed by atoms with van der Waals surface area (Å²) in [5, 5.41) is 2.68. The first-order valence-electron chi connectivity index (χ1n) is 9.19. The fourth-order valence-electron chi connectivity index (χ4n) is 3.60. The minimum atomic E-state index is -4.55. The summed E-state index contributed by atoms with van der Waals surface area (Å²) in [7, 11) is 0. The van der Waals surface area contributed by atoms with Crippen LogP contribution in [0.1, 0.15) is 30.0 Å². The number of alkyl halides is 3. The number of carbonyl (C=O) groups excluding carboxylic acids is 1. The molecule has 148 valence electrons. The molecule has 2 N–H and O–H groups in total. The van der Waals surface area contributed by atoms with E-state index in [1.54, 1.807) is 18.2 Å². The Hall–Kier alpha value is -3.36. The Kier molecular flexibility index (Phi) is 3.87. The van der Waals surface area contributed by atoms with Crippen LogP contribution in [-0.4, -0.2) is 27.9 Å². The lowest BCUT2D eigenvalue weighted by Crippen LogP contribution is -2.30. The fraction of sp³-hybridized carbons (Fsp3) is 0.250. The quantitative estimate of drug-likeness (QED) is 0.685. The maximum atomic E-state index is 13.7. The Balaban J connectivity index is 1.68. The summed E-state index contributed by atoms with van der Waals surface area (Å²) in [6.45, 7) is 0. The number of aliphatic imine (C=N–C) groups is 1. The maximum absolute atomic E-state index is 13.7. The zero-order chi connectivity index (χ0) is 20.2. The Morgan fingerprint density at radius 3 is 2.69 bits per heavy atom. The smallest absolute Gasteiger partial charge is 0.345 e. The number of amides is 2. The minimum Gasteiger partial charge on any atom is -0.345 e. The first kappa shape index (κ1) is 17.7. The summed E-state index contributed by atoms with van der Waals surface area (Å²) >= 11 is 0. The number of urea groups is 1. The van der Waals surface area contributed by atoms with Crippen LogP contribution in [0, 0.1) is 0 Å². The molecule has 29 heavy (non-hydrogen) atoms. The third kappa shape index (κ3) is 3.12. The van der Waals surface area contributed by atoms with Gasteiger partial charge in [0.25, 0.3) is 0 Å². The number of hydrogen-bond donors (Lipinski definition) is 2. The Morgan fingerprint density at radius 1 is 1.14 bits per heavy atom. The van der Waals surface area contributed by atoms with Gasteiger partial charge in [-0.3, -0.25) is 15.2 Å². The highest BCUT2D eigenvalue weighted by molar-refractivity contribution is 6.17. The van der Waals surface area contributed by atoms with Gasteiger partial charge in [0.2, 0.25) is 0 Å². The van der Waals surface area contributed by atoms with Crippen molar-refractivity contribution in [1.29, 1.82) is 0 Å². The zero-order valence-electron chi connectivity index (χ0n) is 15.1. The van der Waals surface area contributed by atoms with Gasteiger partial charge in [0, 0.05) is 5.69 Å². The second-order valence-corrected chi connectivity index (χ2v) is 7.14. The lowest BCUT2D eigenvalue weighted by atomic mass is 9.98. The van der Waals surface area contributed by atoms with Crippen LogP contribution in [0.3, 0.4) is 0 Å². The van der Waals surface area contributed by atoms with Gasteiger partial charge in [0.05, 0.1) is 29.0 Å². The van der Waals surface area contributed by atoms with Crippen molar-refractivity contribution in [3.63, 3.8) is 0 Å². The molecule has 2 aliphatic rings. The molecule has 2 fully saturated rings. The first-order valence-corrected chi connectivity index (χ1v) is 9.19.